The Morgan fingerprint density at radius 2 is 1.80 bits per heavy atom. The van der Waals surface area contributed by atoms with Gasteiger partial charge in [0, 0.05) is 12.1 Å². The molecule has 2 N–H and O–H groups in total. The van der Waals surface area contributed by atoms with E-state index in [-0.39, 0.29) is 18.0 Å². The normalized spacial score (nSPS) is 21.2. The largest absolute Gasteiger partial charge is 0.352 e. The van der Waals surface area contributed by atoms with Crippen molar-refractivity contribution in [2.24, 2.45) is 5.92 Å². The Bertz CT molecular complexity index is 274. The Morgan fingerprint density at radius 3 is 2.35 bits per heavy atom. The highest BCUT2D eigenvalue weighted by atomic mass is 16.2. The van der Waals surface area contributed by atoms with Crippen molar-refractivity contribution < 1.29 is 4.79 Å². The van der Waals surface area contributed by atoms with Crippen molar-refractivity contribution in [2.75, 3.05) is 0 Å². The van der Waals surface area contributed by atoms with E-state index >= 15 is 0 Å². The number of hydrogen-bond donors (Lipinski definition) is 2. The SMILES string of the molecule is CCCC(C)NC(=O)C(C)NC(CC)C1CCCCC1. The summed E-state index contributed by atoms with van der Waals surface area (Å²) >= 11 is 0. The zero-order chi connectivity index (χ0) is 15.0. The Labute approximate surface area is 125 Å². The van der Waals surface area contributed by atoms with Gasteiger partial charge in [0.25, 0.3) is 0 Å². The first-order valence-electron chi connectivity index (χ1n) is 8.64. The smallest absolute Gasteiger partial charge is 0.237 e. The minimum absolute atomic E-state index is 0.0822. The molecule has 1 aliphatic carbocycles. The van der Waals surface area contributed by atoms with Crippen LogP contribution in [0.4, 0.5) is 0 Å². The summed E-state index contributed by atoms with van der Waals surface area (Å²) in [5.74, 6) is 0.914. The van der Waals surface area contributed by atoms with Gasteiger partial charge in [0.15, 0.2) is 0 Å². The molecule has 1 saturated carbocycles. The maximum absolute atomic E-state index is 12.2. The Morgan fingerprint density at radius 1 is 1.15 bits per heavy atom. The second-order valence-corrected chi connectivity index (χ2v) is 6.50. The van der Waals surface area contributed by atoms with Crippen LogP contribution < -0.4 is 10.6 Å². The summed E-state index contributed by atoms with van der Waals surface area (Å²) in [5.41, 5.74) is 0. The molecule has 3 heteroatoms. The minimum atomic E-state index is -0.0822. The first-order valence-corrected chi connectivity index (χ1v) is 8.64. The number of hydrogen-bond acceptors (Lipinski definition) is 2. The average molecular weight is 282 g/mol. The number of carbonyl (C=O) groups is 1. The fraction of sp³-hybridized carbons (Fsp3) is 0.941. The van der Waals surface area contributed by atoms with Crippen molar-refractivity contribution in [3.63, 3.8) is 0 Å². The van der Waals surface area contributed by atoms with Gasteiger partial charge >= 0.3 is 0 Å². The highest BCUT2D eigenvalue weighted by molar-refractivity contribution is 5.81. The zero-order valence-electron chi connectivity index (χ0n) is 13.9. The van der Waals surface area contributed by atoms with Gasteiger partial charge in [0.1, 0.15) is 0 Å². The van der Waals surface area contributed by atoms with Crippen LogP contribution in [0.3, 0.4) is 0 Å². The van der Waals surface area contributed by atoms with Crippen molar-refractivity contribution in [1.29, 1.82) is 0 Å². The summed E-state index contributed by atoms with van der Waals surface area (Å²) in [6.45, 7) is 8.48. The molecule has 0 aliphatic heterocycles. The molecule has 3 unspecified atom stereocenters. The highest BCUT2D eigenvalue weighted by Crippen LogP contribution is 2.27. The molecule has 1 rings (SSSR count). The van der Waals surface area contributed by atoms with Gasteiger partial charge in [-0.1, -0.05) is 39.5 Å². The van der Waals surface area contributed by atoms with Crippen LogP contribution >= 0.6 is 0 Å². The summed E-state index contributed by atoms with van der Waals surface area (Å²) in [6, 6.07) is 0.699. The van der Waals surface area contributed by atoms with Crippen molar-refractivity contribution in [3.05, 3.63) is 0 Å². The predicted octanol–water partition coefficient (Wildman–Crippen LogP) is 3.63. The third-order valence-corrected chi connectivity index (χ3v) is 4.63. The van der Waals surface area contributed by atoms with E-state index in [9.17, 15) is 4.79 Å². The van der Waals surface area contributed by atoms with Crippen molar-refractivity contribution in [3.8, 4) is 0 Å². The second kappa shape index (κ2) is 9.38. The van der Waals surface area contributed by atoms with Crippen molar-refractivity contribution in [1.82, 2.24) is 10.6 Å². The molecule has 118 valence electrons. The molecule has 0 spiro atoms. The number of rotatable bonds is 8. The van der Waals surface area contributed by atoms with Gasteiger partial charge in [-0.15, -0.1) is 0 Å². The lowest BCUT2D eigenvalue weighted by molar-refractivity contribution is -0.123. The summed E-state index contributed by atoms with van der Waals surface area (Å²) in [7, 11) is 0. The van der Waals surface area contributed by atoms with Gasteiger partial charge in [0.2, 0.25) is 5.91 Å². The van der Waals surface area contributed by atoms with Gasteiger partial charge in [-0.25, -0.2) is 0 Å². The average Bonchev–Trinajstić information content (AvgIpc) is 2.45. The van der Waals surface area contributed by atoms with E-state index in [2.05, 4.69) is 31.4 Å². The van der Waals surface area contributed by atoms with E-state index in [0.29, 0.717) is 6.04 Å². The summed E-state index contributed by atoms with van der Waals surface area (Å²) in [5, 5.41) is 6.68. The van der Waals surface area contributed by atoms with Crippen molar-refractivity contribution in [2.45, 2.75) is 97.2 Å². The number of carbonyl (C=O) groups excluding carboxylic acids is 1. The predicted molar refractivity (Wildman–Crippen MR) is 85.8 cm³/mol. The summed E-state index contributed by atoms with van der Waals surface area (Å²) in [6.07, 6.45) is 10.0. The summed E-state index contributed by atoms with van der Waals surface area (Å²) < 4.78 is 0. The first kappa shape index (κ1) is 17.5. The van der Waals surface area contributed by atoms with E-state index < -0.39 is 0 Å². The molecular formula is C17H34N2O. The molecule has 0 aromatic rings. The molecule has 0 saturated heterocycles. The third kappa shape index (κ3) is 5.82. The third-order valence-electron chi connectivity index (χ3n) is 4.63. The summed E-state index contributed by atoms with van der Waals surface area (Å²) in [4.78, 5) is 12.2. The van der Waals surface area contributed by atoms with E-state index in [1.165, 1.54) is 32.1 Å². The van der Waals surface area contributed by atoms with E-state index in [1.807, 2.05) is 6.92 Å². The van der Waals surface area contributed by atoms with Crippen LogP contribution in [0.2, 0.25) is 0 Å². The Kier molecular flexibility index (Phi) is 8.20. The monoisotopic (exact) mass is 282 g/mol. The molecule has 0 aromatic carbocycles. The van der Waals surface area contributed by atoms with Gasteiger partial charge in [0.05, 0.1) is 6.04 Å². The fourth-order valence-electron chi connectivity index (χ4n) is 3.39. The van der Waals surface area contributed by atoms with Crippen LogP contribution in [0.1, 0.15) is 79.1 Å². The van der Waals surface area contributed by atoms with E-state index in [0.717, 1.165) is 25.2 Å². The fourth-order valence-corrected chi connectivity index (χ4v) is 3.39. The van der Waals surface area contributed by atoms with Crippen molar-refractivity contribution >= 4 is 5.91 Å². The quantitative estimate of drug-likeness (QED) is 0.714. The molecule has 1 aliphatic rings. The van der Waals surface area contributed by atoms with E-state index in [4.69, 9.17) is 0 Å². The molecule has 0 heterocycles. The number of nitrogens with one attached hydrogen (secondary N) is 2. The van der Waals surface area contributed by atoms with Gasteiger partial charge in [-0.3, -0.25) is 4.79 Å². The van der Waals surface area contributed by atoms with Gasteiger partial charge < -0.3 is 10.6 Å². The second-order valence-electron chi connectivity index (χ2n) is 6.50. The van der Waals surface area contributed by atoms with Crippen LogP contribution in [0.15, 0.2) is 0 Å². The molecular weight excluding hydrogens is 248 g/mol. The van der Waals surface area contributed by atoms with Gasteiger partial charge in [-0.05, 0) is 45.4 Å². The molecule has 3 nitrogen and oxygen atoms in total. The van der Waals surface area contributed by atoms with Crippen LogP contribution in [0, 0.1) is 5.92 Å². The maximum Gasteiger partial charge on any atom is 0.237 e. The van der Waals surface area contributed by atoms with E-state index in [1.54, 1.807) is 0 Å². The van der Waals surface area contributed by atoms with Crippen LogP contribution in [-0.4, -0.2) is 24.0 Å². The lowest BCUT2D eigenvalue weighted by Gasteiger charge is -2.32. The molecule has 1 amide bonds. The molecule has 0 aromatic heterocycles. The number of amides is 1. The zero-order valence-corrected chi connectivity index (χ0v) is 13.9. The molecule has 0 bridgehead atoms. The maximum atomic E-state index is 12.2. The Balaban J connectivity index is 2.40. The molecule has 3 atom stereocenters. The lowest BCUT2D eigenvalue weighted by Crippen LogP contribution is -2.50. The molecule has 0 radical (unpaired) electrons. The topological polar surface area (TPSA) is 41.1 Å². The van der Waals surface area contributed by atoms with Crippen LogP contribution in [0.5, 0.6) is 0 Å². The highest BCUT2D eigenvalue weighted by Gasteiger charge is 2.25. The van der Waals surface area contributed by atoms with Gasteiger partial charge in [-0.2, -0.15) is 0 Å². The molecule has 20 heavy (non-hydrogen) atoms. The van der Waals surface area contributed by atoms with Crippen LogP contribution in [0.25, 0.3) is 0 Å². The Hall–Kier alpha value is -0.570. The standard InChI is InChI=1S/C17H34N2O/c1-5-10-13(3)18-17(20)14(4)19-16(6-2)15-11-8-7-9-12-15/h13-16,19H,5-12H2,1-4H3,(H,18,20). The lowest BCUT2D eigenvalue weighted by atomic mass is 9.82. The molecule has 1 fully saturated rings. The first-order chi connectivity index (χ1) is 9.58. The minimum Gasteiger partial charge on any atom is -0.352 e. The van der Waals surface area contributed by atoms with Crippen LogP contribution in [-0.2, 0) is 4.79 Å².